The predicted octanol–water partition coefficient (Wildman–Crippen LogP) is 5.10. The molecule has 1 spiro atoms. The summed E-state index contributed by atoms with van der Waals surface area (Å²) in [5.41, 5.74) is 1.77. The Morgan fingerprint density at radius 2 is 1.93 bits per heavy atom. The molecule has 1 unspecified atom stereocenters. The van der Waals surface area contributed by atoms with Crippen LogP contribution in [0.25, 0.3) is 11.3 Å². The number of carbonyl (C=O) groups is 1. The molecule has 7 nitrogen and oxygen atoms in total. The van der Waals surface area contributed by atoms with E-state index in [9.17, 15) is 9.59 Å². The molecule has 2 saturated heterocycles. The number of piperidine rings is 2. The van der Waals surface area contributed by atoms with E-state index >= 15 is 0 Å². The third-order valence-corrected chi connectivity index (χ3v) is 10.2. The SMILES string of the molecule is CN[C@@H]1CCN(C(=O)N2CC[C@@H](Cn3cnc(-c4ccccc4)cc3=O)C3(CCCC3)C2)[C@H](C2C=CC=CC2)C1. The van der Waals surface area contributed by atoms with E-state index < -0.39 is 0 Å². The molecule has 40 heavy (non-hydrogen) atoms. The van der Waals surface area contributed by atoms with Gasteiger partial charge >= 0.3 is 6.03 Å². The van der Waals surface area contributed by atoms with E-state index in [0.717, 1.165) is 69.4 Å². The van der Waals surface area contributed by atoms with Gasteiger partial charge in [-0.1, -0.05) is 67.5 Å². The molecule has 4 aliphatic rings. The quantitative estimate of drug-likeness (QED) is 0.572. The van der Waals surface area contributed by atoms with Crippen molar-refractivity contribution in [3.63, 3.8) is 0 Å². The van der Waals surface area contributed by atoms with Crippen LogP contribution in [0.15, 0.2) is 71.8 Å². The molecule has 2 amide bonds. The molecule has 1 saturated carbocycles. The first-order valence-corrected chi connectivity index (χ1v) is 15.2. The van der Waals surface area contributed by atoms with Crippen LogP contribution in [-0.4, -0.2) is 64.1 Å². The van der Waals surface area contributed by atoms with Crippen molar-refractivity contribution in [2.24, 2.45) is 17.3 Å². The van der Waals surface area contributed by atoms with Gasteiger partial charge in [-0.3, -0.25) is 9.36 Å². The van der Waals surface area contributed by atoms with E-state index in [1.54, 1.807) is 17.0 Å². The second-order valence-electron chi connectivity index (χ2n) is 12.4. The number of rotatable bonds is 5. The molecular weight excluding hydrogens is 498 g/mol. The molecule has 0 bridgehead atoms. The average molecular weight is 542 g/mol. The number of urea groups is 1. The highest BCUT2D eigenvalue weighted by molar-refractivity contribution is 5.75. The lowest BCUT2D eigenvalue weighted by molar-refractivity contribution is 0.0176. The minimum atomic E-state index is 0.00494. The molecule has 7 heteroatoms. The molecule has 2 aromatic rings. The first-order valence-electron chi connectivity index (χ1n) is 15.2. The number of benzene rings is 1. The van der Waals surface area contributed by atoms with Gasteiger partial charge in [-0.25, -0.2) is 9.78 Å². The predicted molar refractivity (Wildman–Crippen MR) is 159 cm³/mol. The van der Waals surface area contributed by atoms with Crippen LogP contribution in [0.1, 0.15) is 51.4 Å². The monoisotopic (exact) mass is 541 g/mol. The third kappa shape index (κ3) is 5.40. The Kier molecular flexibility index (Phi) is 7.92. The van der Waals surface area contributed by atoms with Gasteiger partial charge in [0.25, 0.3) is 5.56 Å². The van der Waals surface area contributed by atoms with Crippen molar-refractivity contribution >= 4 is 6.03 Å². The highest BCUT2D eigenvalue weighted by Crippen LogP contribution is 2.49. The minimum absolute atomic E-state index is 0.00494. The highest BCUT2D eigenvalue weighted by atomic mass is 16.2. The Morgan fingerprint density at radius 3 is 2.65 bits per heavy atom. The summed E-state index contributed by atoms with van der Waals surface area (Å²) in [4.78, 5) is 36.3. The lowest BCUT2D eigenvalue weighted by atomic mass is 9.69. The van der Waals surface area contributed by atoms with Crippen molar-refractivity contribution in [3.05, 3.63) is 77.4 Å². The Labute approximate surface area is 238 Å². The van der Waals surface area contributed by atoms with E-state index in [2.05, 4.69) is 44.4 Å². The van der Waals surface area contributed by atoms with E-state index in [1.807, 2.05) is 37.4 Å². The fourth-order valence-corrected chi connectivity index (χ4v) is 7.84. The maximum atomic E-state index is 14.2. The molecule has 4 atom stereocenters. The van der Waals surface area contributed by atoms with Crippen LogP contribution in [0.2, 0.25) is 0 Å². The Bertz CT molecular complexity index is 1300. The molecular formula is C33H43N5O2. The lowest BCUT2D eigenvalue weighted by Crippen LogP contribution is -2.60. The summed E-state index contributed by atoms with van der Waals surface area (Å²) in [5.74, 6) is 0.750. The average Bonchev–Trinajstić information content (AvgIpc) is 3.48. The van der Waals surface area contributed by atoms with Crippen LogP contribution < -0.4 is 10.9 Å². The van der Waals surface area contributed by atoms with E-state index in [4.69, 9.17) is 0 Å². The van der Waals surface area contributed by atoms with Gasteiger partial charge in [-0.15, -0.1) is 0 Å². The van der Waals surface area contributed by atoms with Crippen LogP contribution >= 0.6 is 0 Å². The van der Waals surface area contributed by atoms with Gasteiger partial charge in [0, 0.05) is 55.8 Å². The van der Waals surface area contributed by atoms with Crippen molar-refractivity contribution in [2.45, 2.75) is 70.0 Å². The van der Waals surface area contributed by atoms with Crippen LogP contribution in [-0.2, 0) is 6.54 Å². The van der Waals surface area contributed by atoms with Gasteiger partial charge in [0.05, 0.1) is 12.0 Å². The topological polar surface area (TPSA) is 70.5 Å². The Morgan fingerprint density at radius 1 is 1.10 bits per heavy atom. The second-order valence-corrected chi connectivity index (χ2v) is 12.4. The number of hydrogen-bond acceptors (Lipinski definition) is 4. The molecule has 3 heterocycles. The first kappa shape index (κ1) is 27.0. The normalized spacial score (nSPS) is 27.8. The second kappa shape index (κ2) is 11.7. The van der Waals surface area contributed by atoms with Gasteiger partial charge in [-0.05, 0) is 56.9 Å². The number of likely N-dealkylation sites (tertiary alicyclic amines) is 2. The fraction of sp³-hybridized carbons (Fsp3) is 0.545. The number of carbonyl (C=O) groups excluding carboxylic acids is 1. The molecule has 212 valence electrons. The van der Waals surface area contributed by atoms with Crippen molar-refractivity contribution in [2.75, 3.05) is 26.7 Å². The van der Waals surface area contributed by atoms with Gasteiger partial charge in [0.2, 0.25) is 0 Å². The van der Waals surface area contributed by atoms with Gasteiger partial charge in [0.15, 0.2) is 0 Å². The molecule has 3 fully saturated rings. The Hall–Kier alpha value is -3.19. The first-order chi connectivity index (χ1) is 19.6. The van der Waals surface area contributed by atoms with Crippen LogP contribution in [0.3, 0.4) is 0 Å². The molecule has 1 N–H and O–H groups in total. The maximum absolute atomic E-state index is 14.2. The van der Waals surface area contributed by atoms with Gasteiger partial charge in [-0.2, -0.15) is 0 Å². The number of nitrogens with one attached hydrogen (secondary N) is 1. The zero-order chi connectivity index (χ0) is 27.5. The summed E-state index contributed by atoms with van der Waals surface area (Å²) in [5, 5.41) is 3.47. The molecule has 1 aromatic heterocycles. The van der Waals surface area contributed by atoms with Crippen LogP contribution in [0.5, 0.6) is 0 Å². The molecule has 0 radical (unpaired) electrons. The van der Waals surface area contributed by atoms with Crippen LogP contribution in [0, 0.1) is 17.3 Å². The summed E-state index contributed by atoms with van der Waals surface area (Å²) >= 11 is 0. The number of allylic oxidation sites excluding steroid dienone is 3. The molecule has 1 aromatic carbocycles. The summed E-state index contributed by atoms with van der Waals surface area (Å²) in [6.45, 7) is 3.05. The van der Waals surface area contributed by atoms with Crippen molar-refractivity contribution in [1.29, 1.82) is 0 Å². The smallest absolute Gasteiger partial charge is 0.320 e. The highest BCUT2D eigenvalue weighted by Gasteiger charge is 2.48. The molecule has 2 aliphatic heterocycles. The largest absolute Gasteiger partial charge is 0.324 e. The van der Waals surface area contributed by atoms with Gasteiger partial charge < -0.3 is 15.1 Å². The third-order valence-electron chi connectivity index (χ3n) is 10.2. The van der Waals surface area contributed by atoms with E-state index in [-0.39, 0.29) is 23.0 Å². The minimum Gasteiger partial charge on any atom is -0.324 e. The zero-order valence-corrected chi connectivity index (χ0v) is 23.8. The Balaban J connectivity index is 1.18. The fourth-order valence-electron chi connectivity index (χ4n) is 7.84. The molecule has 2 aliphatic carbocycles. The summed E-state index contributed by atoms with van der Waals surface area (Å²) in [6, 6.07) is 12.4. The van der Waals surface area contributed by atoms with Gasteiger partial charge in [0.1, 0.15) is 0 Å². The number of hydrogen-bond donors (Lipinski definition) is 1. The summed E-state index contributed by atoms with van der Waals surface area (Å²) in [6.07, 6.45) is 19.1. The maximum Gasteiger partial charge on any atom is 0.320 e. The summed E-state index contributed by atoms with van der Waals surface area (Å²) in [7, 11) is 2.04. The molecule has 6 rings (SSSR count). The number of aromatic nitrogens is 2. The summed E-state index contributed by atoms with van der Waals surface area (Å²) < 4.78 is 1.80. The zero-order valence-electron chi connectivity index (χ0n) is 23.8. The van der Waals surface area contributed by atoms with Crippen LogP contribution in [0.4, 0.5) is 4.79 Å². The van der Waals surface area contributed by atoms with Crippen molar-refractivity contribution in [3.8, 4) is 11.3 Å². The van der Waals surface area contributed by atoms with E-state index in [0.29, 0.717) is 24.4 Å². The van der Waals surface area contributed by atoms with E-state index in [1.165, 1.54) is 12.8 Å². The van der Waals surface area contributed by atoms with Crippen molar-refractivity contribution < 1.29 is 4.79 Å². The number of nitrogens with zero attached hydrogens (tertiary/aromatic N) is 4. The standard InChI is InChI=1S/C33H43N5O2/c1-34-28-15-19-38(30(20-28)26-12-6-3-7-13-26)32(40)36-18-14-27(33(23-36)16-8-9-17-33)22-37-24-35-29(21-31(37)39)25-10-4-2-5-11-25/h2-7,10-12,21,24,26-28,30,34H,8-9,13-20,22-23H2,1H3/t26?,27-,28+,30-/m0/s1. The number of amides is 2. The van der Waals surface area contributed by atoms with Crippen molar-refractivity contribution in [1.82, 2.24) is 24.7 Å². The lowest BCUT2D eigenvalue weighted by Gasteiger charge is -2.50.